The van der Waals surface area contributed by atoms with E-state index in [2.05, 4.69) is 10.2 Å². The van der Waals surface area contributed by atoms with Crippen LogP contribution >= 0.6 is 0 Å². The van der Waals surface area contributed by atoms with Crippen molar-refractivity contribution in [1.29, 1.82) is 0 Å². The first-order chi connectivity index (χ1) is 17.0. The lowest BCUT2D eigenvalue weighted by Crippen LogP contribution is -2.55. The topological polar surface area (TPSA) is 79.7 Å². The molecule has 1 atom stereocenters. The van der Waals surface area contributed by atoms with Crippen LogP contribution in [-0.2, 0) is 4.79 Å². The second-order valence-electron chi connectivity index (χ2n) is 9.19. The summed E-state index contributed by atoms with van der Waals surface area (Å²) in [6.07, 6.45) is 3.97. The zero-order chi connectivity index (χ0) is 24.4. The van der Waals surface area contributed by atoms with Crippen molar-refractivity contribution in [2.24, 2.45) is 0 Å². The van der Waals surface area contributed by atoms with Gasteiger partial charge in [0.2, 0.25) is 5.91 Å². The first kappa shape index (κ1) is 23.1. The highest BCUT2D eigenvalue weighted by Gasteiger charge is 2.32. The number of para-hydroxylation sites is 1. The minimum absolute atomic E-state index is 0.0484. The highest BCUT2D eigenvalue weighted by Crippen LogP contribution is 2.27. The van der Waals surface area contributed by atoms with Gasteiger partial charge in [-0.2, -0.15) is 5.10 Å². The van der Waals surface area contributed by atoms with Gasteiger partial charge in [-0.3, -0.25) is 14.5 Å². The number of hydrogen-bond donors (Lipinski definition) is 1. The second kappa shape index (κ2) is 9.92. The van der Waals surface area contributed by atoms with E-state index in [9.17, 15) is 9.59 Å². The van der Waals surface area contributed by atoms with E-state index in [1.54, 1.807) is 11.8 Å². The molecule has 2 fully saturated rings. The normalized spacial score (nSPS) is 17.1. The van der Waals surface area contributed by atoms with Crippen LogP contribution in [0.3, 0.4) is 0 Å². The van der Waals surface area contributed by atoms with Crippen molar-refractivity contribution in [3.05, 3.63) is 66.4 Å². The Morgan fingerprint density at radius 1 is 1.00 bits per heavy atom. The minimum Gasteiger partial charge on any atom is -0.497 e. The summed E-state index contributed by atoms with van der Waals surface area (Å²) in [5.74, 6) is 0.783. The fraction of sp³-hybridized carbons (Fsp3) is 0.370. The van der Waals surface area contributed by atoms with E-state index < -0.39 is 0 Å². The quantitative estimate of drug-likeness (QED) is 0.571. The zero-order valence-electron chi connectivity index (χ0n) is 20.2. The highest BCUT2D eigenvalue weighted by molar-refractivity contribution is 6.00. The van der Waals surface area contributed by atoms with Gasteiger partial charge in [-0.25, -0.2) is 4.68 Å². The van der Waals surface area contributed by atoms with Gasteiger partial charge >= 0.3 is 0 Å². The molecule has 1 aliphatic heterocycles. The number of nitrogens with one attached hydrogen (secondary N) is 1. The van der Waals surface area contributed by atoms with Gasteiger partial charge in [0.25, 0.3) is 5.91 Å². The maximum atomic E-state index is 13.7. The summed E-state index contributed by atoms with van der Waals surface area (Å²) in [5.41, 5.74) is 2.95. The van der Waals surface area contributed by atoms with E-state index in [1.165, 1.54) is 0 Å². The van der Waals surface area contributed by atoms with Crippen molar-refractivity contribution >= 4 is 11.8 Å². The third kappa shape index (κ3) is 5.07. The maximum absolute atomic E-state index is 13.7. The molecule has 1 saturated heterocycles. The number of aromatic nitrogens is 2. The van der Waals surface area contributed by atoms with Gasteiger partial charge in [-0.05, 0) is 56.2 Å². The van der Waals surface area contributed by atoms with Crippen LogP contribution in [0.5, 0.6) is 5.75 Å². The average Bonchev–Trinajstić information content (AvgIpc) is 3.62. The van der Waals surface area contributed by atoms with Crippen molar-refractivity contribution < 1.29 is 14.3 Å². The van der Waals surface area contributed by atoms with Crippen molar-refractivity contribution in [3.63, 3.8) is 0 Å². The maximum Gasteiger partial charge on any atom is 0.257 e. The molecule has 5 rings (SSSR count). The zero-order valence-corrected chi connectivity index (χ0v) is 20.2. The third-order valence-electron chi connectivity index (χ3n) is 6.78. The molecule has 1 aliphatic carbocycles. The van der Waals surface area contributed by atoms with Crippen molar-refractivity contribution in [1.82, 2.24) is 24.9 Å². The van der Waals surface area contributed by atoms with Crippen molar-refractivity contribution in [2.75, 3.05) is 33.3 Å². The molecule has 2 aliphatic rings. The molecule has 1 saturated carbocycles. The molecule has 0 spiro atoms. The summed E-state index contributed by atoms with van der Waals surface area (Å²) in [5, 5.41) is 7.87. The summed E-state index contributed by atoms with van der Waals surface area (Å²) in [7, 11) is 1.63. The summed E-state index contributed by atoms with van der Waals surface area (Å²) in [4.78, 5) is 30.2. The number of piperazine rings is 1. The molecular weight excluding hydrogens is 442 g/mol. The molecule has 2 heterocycles. The summed E-state index contributed by atoms with van der Waals surface area (Å²) < 4.78 is 7.05. The predicted molar refractivity (Wildman–Crippen MR) is 134 cm³/mol. The van der Waals surface area contributed by atoms with Crippen LogP contribution < -0.4 is 10.1 Å². The Morgan fingerprint density at radius 2 is 1.69 bits per heavy atom. The van der Waals surface area contributed by atoms with E-state index in [4.69, 9.17) is 9.84 Å². The fourth-order valence-electron chi connectivity index (χ4n) is 4.40. The smallest absolute Gasteiger partial charge is 0.257 e. The molecule has 2 amide bonds. The molecule has 0 bridgehead atoms. The van der Waals surface area contributed by atoms with Gasteiger partial charge in [-0.1, -0.05) is 18.2 Å². The van der Waals surface area contributed by atoms with Gasteiger partial charge in [0.15, 0.2) is 0 Å². The van der Waals surface area contributed by atoms with Gasteiger partial charge in [-0.15, -0.1) is 0 Å². The Morgan fingerprint density at radius 3 is 2.31 bits per heavy atom. The number of hydrogen-bond acceptors (Lipinski definition) is 5. The lowest BCUT2D eigenvalue weighted by molar-refractivity contribution is -0.126. The van der Waals surface area contributed by atoms with E-state index in [0.29, 0.717) is 43.5 Å². The third-order valence-corrected chi connectivity index (χ3v) is 6.78. The van der Waals surface area contributed by atoms with Crippen LogP contribution in [0.4, 0.5) is 0 Å². The van der Waals surface area contributed by atoms with Crippen LogP contribution in [0.25, 0.3) is 16.9 Å². The summed E-state index contributed by atoms with van der Waals surface area (Å²) in [6, 6.07) is 17.5. The first-order valence-electron chi connectivity index (χ1n) is 12.2. The van der Waals surface area contributed by atoms with E-state index >= 15 is 0 Å². The van der Waals surface area contributed by atoms with Crippen LogP contribution in [0.2, 0.25) is 0 Å². The Balaban J connectivity index is 1.35. The van der Waals surface area contributed by atoms with Crippen LogP contribution in [0.15, 0.2) is 60.8 Å². The number of amides is 2. The Bertz CT molecular complexity index is 1180. The molecule has 8 nitrogen and oxygen atoms in total. The number of ether oxygens (including phenoxy) is 1. The van der Waals surface area contributed by atoms with E-state index in [-0.39, 0.29) is 17.9 Å². The molecule has 2 aromatic carbocycles. The molecule has 35 heavy (non-hydrogen) atoms. The predicted octanol–water partition coefficient (Wildman–Crippen LogP) is 2.97. The lowest BCUT2D eigenvalue weighted by Gasteiger charge is -2.37. The second-order valence-corrected chi connectivity index (χ2v) is 9.19. The number of benzene rings is 2. The number of nitrogens with zero attached hydrogens (tertiary/aromatic N) is 4. The monoisotopic (exact) mass is 473 g/mol. The van der Waals surface area contributed by atoms with Crippen molar-refractivity contribution in [3.8, 4) is 22.7 Å². The molecule has 1 N–H and O–H groups in total. The standard InChI is InChI=1S/C27H31N5O3/c1-19(26(33)28-21-10-11-21)30-14-16-31(17-15-30)27(34)24-18-32(22-6-4-3-5-7-22)29-25(24)20-8-12-23(35-2)13-9-20/h3-9,12-13,18-19,21H,10-11,14-17H2,1-2H3,(H,28,33). The SMILES string of the molecule is COc1ccc(-c2nn(-c3ccccc3)cc2C(=O)N2CCN(C(C)C(=O)NC3CC3)CC2)cc1. The summed E-state index contributed by atoms with van der Waals surface area (Å²) in [6.45, 7) is 4.41. The molecular formula is C27H31N5O3. The Kier molecular flexibility index (Phi) is 6.55. The van der Waals surface area contributed by atoms with Gasteiger partial charge in [0, 0.05) is 44.0 Å². The first-order valence-corrected chi connectivity index (χ1v) is 12.2. The van der Waals surface area contributed by atoms with E-state index in [1.807, 2.05) is 72.6 Å². The number of methoxy groups -OCH3 is 1. The van der Waals surface area contributed by atoms with Gasteiger partial charge < -0.3 is 15.0 Å². The molecule has 3 aromatic rings. The molecule has 1 aromatic heterocycles. The largest absolute Gasteiger partial charge is 0.497 e. The number of carbonyl (C=O) groups is 2. The van der Waals surface area contributed by atoms with Crippen LogP contribution in [0, 0.1) is 0 Å². The molecule has 0 radical (unpaired) electrons. The van der Waals surface area contributed by atoms with Crippen molar-refractivity contribution in [2.45, 2.75) is 31.8 Å². The summed E-state index contributed by atoms with van der Waals surface area (Å²) >= 11 is 0. The average molecular weight is 474 g/mol. The lowest BCUT2D eigenvalue weighted by atomic mass is 10.1. The van der Waals surface area contributed by atoms with E-state index in [0.717, 1.165) is 29.8 Å². The number of carbonyl (C=O) groups excluding carboxylic acids is 2. The van der Waals surface area contributed by atoms with Gasteiger partial charge in [0.1, 0.15) is 11.4 Å². The van der Waals surface area contributed by atoms with Crippen LogP contribution in [0.1, 0.15) is 30.1 Å². The fourth-order valence-corrected chi connectivity index (χ4v) is 4.40. The van der Waals surface area contributed by atoms with Crippen LogP contribution in [-0.4, -0.2) is 76.8 Å². The molecule has 182 valence electrons. The molecule has 8 heteroatoms. The molecule has 1 unspecified atom stereocenters. The van der Waals surface area contributed by atoms with Gasteiger partial charge in [0.05, 0.1) is 24.4 Å². The highest BCUT2D eigenvalue weighted by atomic mass is 16.5. The Hall–Kier alpha value is -3.65. The Labute approximate surface area is 205 Å². The minimum atomic E-state index is -0.191. The number of rotatable bonds is 7.